The van der Waals surface area contributed by atoms with Gasteiger partial charge in [0.25, 0.3) is 5.91 Å². The molecule has 5 rings (SSSR count). The van der Waals surface area contributed by atoms with Crippen LogP contribution in [0.15, 0.2) is 60.9 Å². The molecule has 5 nitrogen and oxygen atoms in total. The molecule has 0 saturated heterocycles. The zero-order valence-corrected chi connectivity index (χ0v) is 16.2. The molecule has 3 heterocycles. The SMILES string of the molecule is [B]C1([B])c2ncccc2C(=O)N1Cc1ccc(-c2cc3cn(C)nc3cc2F)cc1. The van der Waals surface area contributed by atoms with Crippen molar-refractivity contribution in [2.75, 3.05) is 0 Å². The van der Waals surface area contributed by atoms with Gasteiger partial charge in [0, 0.05) is 48.3 Å². The molecule has 0 N–H and O–H groups in total. The topological polar surface area (TPSA) is 51.0 Å². The van der Waals surface area contributed by atoms with Gasteiger partial charge in [-0.3, -0.25) is 14.5 Å². The molecule has 0 unspecified atom stereocenters. The monoisotopic (exact) mass is 392 g/mol. The summed E-state index contributed by atoms with van der Waals surface area (Å²) in [6, 6.07) is 13.9. The summed E-state index contributed by atoms with van der Waals surface area (Å²) in [6.07, 6.45) is 3.41. The summed E-state index contributed by atoms with van der Waals surface area (Å²) in [5.41, 5.74) is 3.42. The Morgan fingerprint density at radius 1 is 1.10 bits per heavy atom. The first kappa shape index (κ1) is 18.6. The van der Waals surface area contributed by atoms with Gasteiger partial charge in [0.1, 0.15) is 5.82 Å². The molecule has 4 aromatic rings. The van der Waals surface area contributed by atoms with Gasteiger partial charge in [0.15, 0.2) is 0 Å². The summed E-state index contributed by atoms with van der Waals surface area (Å²) >= 11 is 0. The Morgan fingerprint density at radius 2 is 1.87 bits per heavy atom. The smallest absolute Gasteiger partial charge is 0.255 e. The number of hydrogen-bond donors (Lipinski definition) is 0. The number of fused-ring (bicyclic) bond motifs is 2. The molecule has 0 fully saturated rings. The van der Waals surface area contributed by atoms with Crippen molar-refractivity contribution < 1.29 is 9.18 Å². The van der Waals surface area contributed by atoms with E-state index in [1.165, 1.54) is 11.0 Å². The predicted molar refractivity (Wildman–Crippen MR) is 113 cm³/mol. The lowest BCUT2D eigenvalue weighted by atomic mass is 9.59. The lowest BCUT2D eigenvalue weighted by molar-refractivity contribution is 0.0731. The minimum absolute atomic E-state index is 0.215. The molecular weight excluding hydrogens is 377 g/mol. The highest BCUT2D eigenvalue weighted by atomic mass is 19.1. The van der Waals surface area contributed by atoms with Gasteiger partial charge in [-0.05, 0) is 29.3 Å². The highest BCUT2D eigenvalue weighted by Gasteiger charge is 2.42. The quantitative estimate of drug-likeness (QED) is 0.504. The van der Waals surface area contributed by atoms with E-state index >= 15 is 0 Å². The summed E-state index contributed by atoms with van der Waals surface area (Å²) in [6.45, 7) is 0.215. The molecule has 0 aliphatic carbocycles. The maximum atomic E-state index is 14.6. The van der Waals surface area contributed by atoms with Gasteiger partial charge in [-0.2, -0.15) is 5.10 Å². The molecule has 142 valence electrons. The van der Waals surface area contributed by atoms with E-state index in [-0.39, 0.29) is 18.3 Å². The van der Waals surface area contributed by atoms with Crippen LogP contribution < -0.4 is 0 Å². The van der Waals surface area contributed by atoms with Gasteiger partial charge in [-0.25, -0.2) is 4.39 Å². The van der Waals surface area contributed by atoms with E-state index < -0.39 is 5.34 Å². The van der Waals surface area contributed by atoms with Crippen LogP contribution >= 0.6 is 0 Å². The van der Waals surface area contributed by atoms with Crippen LogP contribution in [0.1, 0.15) is 21.6 Å². The molecule has 1 aliphatic heterocycles. The number of aryl methyl sites for hydroxylation is 1. The summed E-state index contributed by atoms with van der Waals surface area (Å²) in [7, 11) is 14.3. The number of halogens is 1. The molecule has 2 aromatic carbocycles. The van der Waals surface area contributed by atoms with Gasteiger partial charge in [-0.1, -0.05) is 24.3 Å². The number of aromatic nitrogens is 3. The summed E-state index contributed by atoms with van der Waals surface area (Å²) in [4.78, 5) is 18.3. The Hall–Kier alpha value is -3.41. The molecule has 0 atom stereocenters. The first-order valence-electron chi connectivity index (χ1n) is 9.42. The van der Waals surface area contributed by atoms with E-state index in [1.807, 2.05) is 30.5 Å². The van der Waals surface area contributed by atoms with Crippen LogP contribution in [0.5, 0.6) is 0 Å². The van der Waals surface area contributed by atoms with Crippen LogP contribution in [0.2, 0.25) is 0 Å². The molecule has 0 bridgehead atoms. The Bertz CT molecular complexity index is 1300. The second kappa shape index (κ2) is 6.55. The minimum atomic E-state index is -1.48. The molecule has 0 saturated carbocycles. The van der Waals surface area contributed by atoms with E-state index in [1.54, 1.807) is 36.1 Å². The fraction of sp³-hybridized carbons (Fsp3) is 0.136. The van der Waals surface area contributed by atoms with Gasteiger partial charge >= 0.3 is 0 Å². The molecule has 4 radical (unpaired) electrons. The van der Waals surface area contributed by atoms with E-state index in [0.29, 0.717) is 22.3 Å². The van der Waals surface area contributed by atoms with Crippen molar-refractivity contribution in [1.29, 1.82) is 0 Å². The lowest BCUT2D eigenvalue weighted by Crippen LogP contribution is -2.44. The second-order valence-corrected chi connectivity index (χ2v) is 7.51. The average molecular weight is 392 g/mol. The molecular formula is C22H15B2FN4O. The third-order valence-corrected chi connectivity index (χ3v) is 5.42. The highest BCUT2D eigenvalue weighted by Crippen LogP contribution is 2.34. The maximum Gasteiger partial charge on any atom is 0.255 e. The Labute approximate surface area is 175 Å². The van der Waals surface area contributed by atoms with Crippen LogP contribution in [0.4, 0.5) is 4.39 Å². The third-order valence-electron chi connectivity index (χ3n) is 5.42. The van der Waals surface area contributed by atoms with Crippen molar-refractivity contribution in [2.24, 2.45) is 7.05 Å². The average Bonchev–Trinajstić information content (AvgIpc) is 3.18. The van der Waals surface area contributed by atoms with Crippen molar-refractivity contribution in [3.8, 4) is 11.1 Å². The first-order chi connectivity index (χ1) is 14.3. The number of amides is 1. The minimum Gasteiger partial charge on any atom is -0.340 e. The lowest BCUT2D eigenvalue weighted by Gasteiger charge is -2.33. The zero-order chi connectivity index (χ0) is 21.0. The maximum absolute atomic E-state index is 14.6. The van der Waals surface area contributed by atoms with E-state index in [4.69, 9.17) is 15.7 Å². The largest absolute Gasteiger partial charge is 0.340 e. The van der Waals surface area contributed by atoms with E-state index in [0.717, 1.165) is 16.5 Å². The van der Waals surface area contributed by atoms with Crippen LogP contribution in [0.25, 0.3) is 22.0 Å². The van der Waals surface area contributed by atoms with Gasteiger partial charge in [0.2, 0.25) is 0 Å². The Morgan fingerprint density at radius 3 is 2.60 bits per heavy atom. The molecule has 30 heavy (non-hydrogen) atoms. The van der Waals surface area contributed by atoms with E-state index in [9.17, 15) is 9.18 Å². The van der Waals surface area contributed by atoms with Crippen molar-refractivity contribution >= 4 is 32.5 Å². The van der Waals surface area contributed by atoms with Crippen LogP contribution in [0, 0.1) is 5.82 Å². The second-order valence-electron chi connectivity index (χ2n) is 7.51. The number of nitrogens with zero attached hydrogens (tertiary/aromatic N) is 4. The molecule has 8 heteroatoms. The third kappa shape index (κ3) is 2.83. The van der Waals surface area contributed by atoms with Crippen molar-refractivity contribution in [3.63, 3.8) is 0 Å². The summed E-state index contributed by atoms with van der Waals surface area (Å²) in [5.74, 6) is -0.603. The number of carbonyl (C=O) groups is 1. The predicted octanol–water partition coefficient (Wildman–Crippen LogP) is 2.88. The fourth-order valence-corrected chi connectivity index (χ4v) is 3.90. The molecule has 1 aliphatic rings. The normalized spacial score (nSPS) is 15.0. The standard InChI is InChI=1S/C22H15B2FN4O/c1-28-12-15-9-17(18(25)10-19(15)27-28)14-6-4-13(5-7-14)11-29-21(30)16-3-2-8-26-20(16)22(29,23)24/h2-10,12H,11H2,1H3. The van der Waals surface area contributed by atoms with Crippen molar-refractivity contribution in [1.82, 2.24) is 19.7 Å². The summed E-state index contributed by atoms with van der Waals surface area (Å²) in [5, 5.41) is 3.61. The first-order valence-corrected chi connectivity index (χ1v) is 9.42. The zero-order valence-electron chi connectivity index (χ0n) is 16.2. The van der Waals surface area contributed by atoms with Gasteiger partial charge < -0.3 is 4.90 Å². The number of carbonyl (C=O) groups excluding carboxylic acids is 1. The van der Waals surface area contributed by atoms with Crippen LogP contribution in [-0.2, 0) is 18.9 Å². The van der Waals surface area contributed by atoms with Crippen LogP contribution in [-0.4, -0.2) is 41.3 Å². The summed E-state index contributed by atoms with van der Waals surface area (Å²) < 4.78 is 16.3. The molecule has 0 spiro atoms. The van der Waals surface area contributed by atoms with Gasteiger partial charge in [-0.15, -0.1) is 0 Å². The van der Waals surface area contributed by atoms with Gasteiger partial charge in [0.05, 0.1) is 32.5 Å². The number of hydrogen-bond acceptors (Lipinski definition) is 3. The highest BCUT2D eigenvalue weighted by molar-refractivity contribution is 6.42. The van der Waals surface area contributed by atoms with Crippen LogP contribution in [0.3, 0.4) is 0 Å². The van der Waals surface area contributed by atoms with Crippen molar-refractivity contribution in [2.45, 2.75) is 11.9 Å². The Balaban J connectivity index is 1.44. The number of pyridine rings is 1. The Kier molecular flexibility index (Phi) is 4.07. The molecule has 1 amide bonds. The number of rotatable bonds is 3. The van der Waals surface area contributed by atoms with Crippen molar-refractivity contribution in [3.05, 3.63) is 83.6 Å². The van der Waals surface area contributed by atoms with E-state index in [2.05, 4.69) is 10.1 Å². The number of benzene rings is 2. The molecule has 2 aromatic heterocycles. The fourth-order valence-electron chi connectivity index (χ4n) is 3.90.